The van der Waals surface area contributed by atoms with Gasteiger partial charge in [0, 0.05) is 12.1 Å². The minimum absolute atomic E-state index is 0.0311. The van der Waals surface area contributed by atoms with E-state index >= 15 is 0 Å². The second-order valence-electron chi connectivity index (χ2n) is 6.84. The molecule has 0 bridgehead atoms. The first-order valence-corrected chi connectivity index (χ1v) is 10.5. The molecule has 2 unspecified atom stereocenters. The van der Waals surface area contributed by atoms with Crippen molar-refractivity contribution in [1.82, 2.24) is 25.0 Å². The van der Waals surface area contributed by atoms with Crippen molar-refractivity contribution in [2.45, 2.75) is 19.0 Å². The van der Waals surface area contributed by atoms with Crippen LogP contribution in [-0.4, -0.2) is 53.3 Å². The lowest BCUT2D eigenvalue weighted by Crippen LogP contribution is -2.38. The molecule has 3 aromatic rings. The second kappa shape index (κ2) is 9.34. The van der Waals surface area contributed by atoms with Gasteiger partial charge in [0.15, 0.2) is 10.6 Å². The summed E-state index contributed by atoms with van der Waals surface area (Å²) in [7, 11) is 5.61. The van der Waals surface area contributed by atoms with Crippen LogP contribution >= 0.6 is 23.6 Å². The summed E-state index contributed by atoms with van der Waals surface area (Å²) in [5.74, 6) is 1.34. The van der Waals surface area contributed by atoms with Crippen LogP contribution in [0.1, 0.15) is 24.6 Å². The Bertz CT molecular complexity index is 1010. The summed E-state index contributed by atoms with van der Waals surface area (Å²) < 4.78 is 7.67. The molecule has 2 heterocycles. The number of methoxy groups -OCH3 is 1. The van der Waals surface area contributed by atoms with Crippen molar-refractivity contribution in [2.24, 2.45) is 0 Å². The Kier molecular flexibility index (Phi) is 6.83. The lowest BCUT2D eigenvalue weighted by molar-refractivity contribution is -0.124. The Labute approximate surface area is 179 Å². The lowest BCUT2D eigenvalue weighted by atomic mass is 10.0. The molecule has 29 heavy (non-hydrogen) atoms. The molecule has 1 amide bonds. The van der Waals surface area contributed by atoms with Crippen molar-refractivity contribution >= 4 is 29.5 Å². The summed E-state index contributed by atoms with van der Waals surface area (Å²) in [4.78, 5) is 16.0. The molecular weight excluding hydrogens is 406 g/mol. The molecule has 2 N–H and O–H groups in total. The molecule has 0 aliphatic carbocycles. The molecule has 0 aliphatic rings. The largest absolute Gasteiger partial charge is 0.496 e. The zero-order valence-electron chi connectivity index (χ0n) is 16.9. The van der Waals surface area contributed by atoms with Gasteiger partial charge in [0.1, 0.15) is 11.8 Å². The van der Waals surface area contributed by atoms with E-state index in [9.17, 15) is 4.79 Å². The van der Waals surface area contributed by atoms with Crippen molar-refractivity contribution in [3.63, 3.8) is 0 Å². The summed E-state index contributed by atoms with van der Waals surface area (Å²) in [5, 5.41) is 12.1. The van der Waals surface area contributed by atoms with Crippen LogP contribution < -0.4 is 10.1 Å². The number of nitrogens with zero attached hydrogens (tertiary/aromatic N) is 3. The van der Waals surface area contributed by atoms with Crippen molar-refractivity contribution < 1.29 is 9.53 Å². The molecule has 2 atom stereocenters. The van der Waals surface area contributed by atoms with E-state index in [4.69, 9.17) is 17.0 Å². The van der Waals surface area contributed by atoms with Crippen LogP contribution in [0.5, 0.6) is 5.75 Å². The van der Waals surface area contributed by atoms with Gasteiger partial charge in [0.25, 0.3) is 0 Å². The van der Waals surface area contributed by atoms with E-state index in [2.05, 4.69) is 20.4 Å². The quantitative estimate of drug-likeness (QED) is 0.533. The predicted octanol–water partition coefficient (Wildman–Crippen LogP) is 3.66. The van der Waals surface area contributed by atoms with Gasteiger partial charge in [-0.2, -0.15) is 5.10 Å². The van der Waals surface area contributed by atoms with Crippen molar-refractivity contribution in [1.29, 1.82) is 0 Å². The van der Waals surface area contributed by atoms with Gasteiger partial charge in [-0.15, -0.1) is 11.3 Å². The highest BCUT2D eigenvalue weighted by atomic mass is 32.1. The van der Waals surface area contributed by atoms with E-state index < -0.39 is 6.04 Å². The molecule has 9 heteroatoms. The van der Waals surface area contributed by atoms with Gasteiger partial charge >= 0.3 is 0 Å². The standard InChI is InChI=1S/C20H25N5O2S2/c1-13(25-18(22-23-20(25)28)17-10-7-11-29-17)19(26)21-12-15(24(2)3)14-8-5-6-9-16(14)27-4/h5-11,13,15H,12H2,1-4H3,(H,21,26)(H,23,28). The first-order chi connectivity index (χ1) is 13.9. The van der Waals surface area contributed by atoms with E-state index in [0.29, 0.717) is 17.1 Å². The topological polar surface area (TPSA) is 75.2 Å². The fourth-order valence-corrected chi connectivity index (χ4v) is 4.22. The summed E-state index contributed by atoms with van der Waals surface area (Å²) in [6.07, 6.45) is 0. The molecule has 2 aromatic heterocycles. The van der Waals surface area contributed by atoms with Gasteiger partial charge in [-0.1, -0.05) is 24.3 Å². The maximum atomic E-state index is 13.0. The van der Waals surface area contributed by atoms with E-state index in [1.54, 1.807) is 23.0 Å². The first-order valence-electron chi connectivity index (χ1n) is 9.21. The third-order valence-corrected chi connectivity index (χ3v) is 5.96. The number of thiophene rings is 1. The number of rotatable bonds is 8. The molecule has 0 saturated heterocycles. The second-order valence-corrected chi connectivity index (χ2v) is 8.18. The Morgan fingerprint density at radius 1 is 1.34 bits per heavy atom. The summed E-state index contributed by atoms with van der Waals surface area (Å²) >= 11 is 6.93. The SMILES string of the molecule is COc1ccccc1C(CNC(=O)C(C)n1c(-c2cccs2)n[nH]c1=S)N(C)C. The third kappa shape index (κ3) is 4.58. The van der Waals surface area contributed by atoms with Crippen LogP contribution in [0, 0.1) is 4.77 Å². The van der Waals surface area contributed by atoms with E-state index in [1.165, 1.54) is 0 Å². The molecule has 0 spiro atoms. The van der Waals surface area contributed by atoms with E-state index in [1.807, 2.05) is 62.8 Å². The Balaban J connectivity index is 1.78. The number of H-pyrrole nitrogens is 1. The number of nitrogens with one attached hydrogen (secondary N) is 2. The zero-order valence-corrected chi connectivity index (χ0v) is 18.5. The molecular formula is C20H25N5O2S2. The molecule has 1 aromatic carbocycles. The number of para-hydroxylation sites is 1. The highest BCUT2D eigenvalue weighted by molar-refractivity contribution is 7.71. The molecule has 0 radical (unpaired) electrons. The number of carbonyl (C=O) groups is 1. The lowest BCUT2D eigenvalue weighted by Gasteiger charge is -2.27. The highest BCUT2D eigenvalue weighted by Crippen LogP contribution is 2.28. The predicted molar refractivity (Wildman–Crippen MR) is 118 cm³/mol. The monoisotopic (exact) mass is 431 g/mol. The van der Waals surface area contributed by atoms with Crippen molar-refractivity contribution in [3.05, 3.63) is 52.1 Å². The number of benzene rings is 1. The number of ether oxygens (including phenoxy) is 1. The summed E-state index contributed by atoms with van der Waals surface area (Å²) in [5.41, 5.74) is 1.02. The number of likely N-dealkylation sites (N-methyl/N-ethyl adjacent to an activating group) is 1. The highest BCUT2D eigenvalue weighted by Gasteiger charge is 2.24. The van der Waals surface area contributed by atoms with Gasteiger partial charge in [-0.3, -0.25) is 14.5 Å². The maximum absolute atomic E-state index is 13.0. The van der Waals surface area contributed by atoms with Crippen molar-refractivity contribution in [2.75, 3.05) is 27.7 Å². The van der Waals surface area contributed by atoms with Gasteiger partial charge in [-0.25, -0.2) is 0 Å². The average molecular weight is 432 g/mol. The molecule has 154 valence electrons. The minimum Gasteiger partial charge on any atom is -0.496 e. The van der Waals surface area contributed by atoms with Crippen LogP contribution in [0.4, 0.5) is 0 Å². The molecule has 0 fully saturated rings. The fraction of sp³-hybridized carbons (Fsp3) is 0.350. The molecule has 7 nitrogen and oxygen atoms in total. The molecule has 3 rings (SSSR count). The Morgan fingerprint density at radius 2 is 2.10 bits per heavy atom. The number of carbonyl (C=O) groups excluding carboxylic acids is 1. The summed E-state index contributed by atoms with van der Waals surface area (Å²) in [6.45, 7) is 2.27. The third-order valence-electron chi connectivity index (χ3n) is 4.80. The molecule has 0 aliphatic heterocycles. The minimum atomic E-state index is -0.501. The van der Waals surface area contributed by atoms with Gasteiger partial charge in [-0.05, 0) is 50.7 Å². The van der Waals surface area contributed by atoms with E-state index in [-0.39, 0.29) is 11.9 Å². The van der Waals surface area contributed by atoms with Crippen LogP contribution in [0.25, 0.3) is 10.7 Å². The maximum Gasteiger partial charge on any atom is 0.243 e. The average Bonchev–Trinajstić information content (AvgIpc) is 3.37. The van der Waals surface area contributed by atoms with Crippen LogP contribution in [-0.2, 0) is 4.79 Å². The Morgan fingerprint density at radius 3 is 2.76 bits per heavy atom. The van der Waals surface area contributed by atoms with E-state index in [0.717, 1.165) is 16.2 Å². The summed E-state index contributed by atoms with van der Waals surface area (Å²) in [6, 6.07) is 11.2. The van der Waals surface area contributed by atoms with Crippen LogP contribution in [0.3, 0.4) is 0 Å². The van der Waals surface area contributed by atoms with Gasteiger partial charge in [0.2, 0.25) is 5.91 Å². The zero-order chi connectivity index (χ0) is 21.0. The van der Waals surface area contributed by atoms with Crippen LogP contribution in [0.15, 0.2) is 41.8 Å². The number of hydrogen-bond donors (Lipinski definition) is 2. The van der Waals surface area contributed by atoms with Gasteiger partial charge in [0.05, 0.1) is 18.0 Å². The number of aromatic amines is 1. The Hall–Kier alpha value is -2.49. The smallest absolute Gasteiger partial charge is 0.243 e. The van der Waals surface area contributed by atoms with Crippen molar-refractivity contribution in [3.8, 4) is 16.5 Å². The number of aromatic nitrogens is 3. The van der Waals surface area contributed by atoms with Crippen LogP contribution in [0.2, 0.25) is 0 Å². The number of hydrogen-bond acceptors (Lipinski definition) is 6. The fourth-order valence-electron chi connectivity index (χ4n) is 3.22. The normalized spacial score (nSPS) is 13.3. The first kappa shape index (κ1) is 21.2. The number of amides is 1. The molecule has 0 saturated carbocycles. The van der Waals surface area contributed by atoms with Gasteiger partial charge < -0.3 is 15.0 Å².